The number of Topliss-reactive ketones (excluding diaryl/α,β-unsaturated/α-hetero) is 1. The summed E-state index contributed by atoms with van der Waals surface area (Å²) >= 11 is 0. The van der Waals surface area contributed by atoms with Gasteiger partial charge < -0.3 is 10.5 Å². The van der Waals surface area contributed by atoms with Gasteiger partial charge in [0.05, 0.1) is 5.60 Å². The molecule has 0 amide bonds. The van der Waals surface area contributed by atoms with Gasteiger partial charge in [-0.25, -0.2) is 0 Å². The molecule has 3 fully saturated rings. The molecule has 2 saturated carbocycles. The SMILES string of the molecule is NC1CCC(C(=O)C2CCOC3(CCC3)C2)CC1. The lowest BCUT2D eigenvalue weighted by atomic mass is 9.68. The number of hydrogen-bond donors (Lipinski definition) is 1. The molecular weight excluding hydrogens is 226 g/mol. The molecule has 1 heterocycles. The van der Waals surface area contributed by atoms with Crippen LogP contribution in [0.25, 0.3) is 0 Å². The van der Waals surface area contributed by atoms with Crippen molar-refractivity contribution < 1.29 is 9.53 Å². The van der Waals surface area contributed by atoms with Gasteiger partial charge in [-0.15, -0.1) is 0 Å². The van der Waals surface area contributed by atoms with E-state index in [0.717, 1.165) is 45.1 Å². The molecule has 1 spiro atoms. The molecule has 3 nitrogen and oxygen atoms in total. The maximum absolute atomic E-state index is 12.6. The summed E-state index contributed by atoms with van der Waals surface area (Å²) in [6.45, 7) is 0.794. The summed E-state index contributed by atoms with van der Waals surface area (Å²) in [5.41, 5.74) is 6.02. The van der Waals surface area contributed by atoms with Crippen LogP contribution in [-0.2, 0) is 9.53 Å². The minimum absolute atomic E-state index is 0.101. The van der Waals surface area contributed by atoms with E-state index in [9.17, 15) is 4.79 Å². The van der Waals surface area contributed by atoms with E-state index in [4.69, 9.17) is 10.5 Å². The molecule has 18 heavy (non-hydrogen) atoms. The summed E-state index contributed by atoms with van der Waals surface area (Å²) in [6.07, 6.45) is 9.67. The number of rotatable bonds is 2. The lowest BCUT2D eigenvalue weighted by Gasteiger charge is -2.47. The van der Waals surface area contributed by atoms with Crippen LogP contribution in [0.15, 0.2) is 0 Å². The minimum Gasteiger partial charge on any atom is -0.375 e. The average Bonchev–Trinajstić information content (AvgIpc) is 2.37. The van der Waals surface area contributed by atoms with E-state index in [-0.39, 0.29) is 11.5 Å². The Morgan fingerprint density at radius 1 is 1.06 bits per heavy atom. The van der Waals surface area contributed by atoms with Gasteiger partial charge in [0.1, 0.15) is 5.78 Å². The molecule has 1 atom stereocenters. The van der Waals surface area contributed by atoms with Gasteiger partial charge in [-0.05, 0) is 57.8 Å². The Morgan fingerprint density at radius 3 is 2.39 bits per heavy atom. The van der Waals surface area contributed by atoms with Crippen molar-refractivity contribution in [3.63, 3.8) is 0 Å². The number of ketones is 1. The molecule has 0 aromatic heterocycles. The van der Waals surface area contributed by atoms with Crippen molar-refractivity contribution in [1.29, 1.82) is 0 Å². The Kier molecular flexibility index (Phi) is 3.46. The fourth-order valence-corrected chi connectivity index (χ4v) is 3.93. The summed E-state index contributed by atoms with van der Waals surface area (Å²) in [5, 5.41) is 0. The standard InChI is InChI=1S/C15H25NO2/c16-13-4-2-11(3-5-13)14(17)12-6-9-18-15(10-12)7-1-8-15/h11-13H,1-10,16H2. The molecule has 1 unspecified atom stereocenters. The van der Waals surface area contributed by atoms with E-state index in [0.29, 0.717) is 17.7 Å². The third-order valence-electron chi connectivity index (χ3n) is 5.33. The van der Waals surface area contributed by atoms with Crippen LogP contribution in [0.5, 0.6) is 0 Å². The first kappa shape index (κ1) is 12.6. The second-order valence-corrected chi connectivity index (χ2v) is 6.59. The maximum atomic E-state index is 12.6. The van der Waals surface area contributed by atoms with Crippen LogP contribution in [0.1, 0.15) is 57.8 Å². The monoisotopic (exact) mass is 251 g/mol. The molecular formula is C15H25NO2. The van der Waals surface area contributed by atoms with Gasteiger partial charge in [0.25, 0.3) is 0 Å². The van der Waals surface area contributed by atoms with Crippen molar-refractivity contribution in [2.75, 3.05) is 6.61 Å². The number of carbonyl (C=O) groups excluding carboxylic acids is 1. The van der Waals surface area contributed by atoms with Crippen molar-refractivity contribution >= 4 is 5.78 Å². The van der Waals surface area contributed by atoms with Crippen molar-refractivity contribution in [2.24, 2.45) is 17.6 Å². The Morgan fingerprint density at radius 2 is 1.78 bits per heavy atom. The minimum atomic E-state index is 0.101. The van der Waals surface area contributed by atoms with Crippen LogP contribution < -0.4 is 5.73 Å². The highest BCUT2D eigenvalue weighted by Gasteiger charge is 2.45. The smallest absolute Gasteiger partial charge is 0.139 e. The summed E-state index contributed by atoms with van der Waals surface area (Å²) < 4.78 is 5.91. The Hall–Kier alpha value is -0.410. The molecule has 0 aromatic carbocycles. The highest BCUT2D eigenvalue weighted by molar-refractivity contribution is 5.83. The van der Waals surface area contributed by atoms with Crippen LogP contribution >= 0.6 is 0 Å². The van der Waals surface area contributed by atoms with Gasteiger partial charge in [-0.3, -0.25) is 4.79 Å². The van der Waals surface area contributed by atoms with Crippen LogP contribution in [0, 0.1) is 11.8 Å². The van der Waals surface area contributed by atoms with Gasteiger partial charge in [0, 0.05) is 24.5 Å². The zero-order valence-corrected chi connectivity index (χ0v) is 11.2. The van der Waals surface area contributed by atoms with Gasteiger partial charge in [0.2, 0.25) is 0 Å². The summed E-state index contributed by atoms with van der Waals surface area (Å²) in [7, 11) is 0. The first-order chi connectivity index (χ1) is 8.69. The third kappa shape index (κ3) is 2.35. The summed E-state index contributed by atoms with van der Waals surface area (Å²) in [5.74, 6) is 1.10. The van der Waals surface area contributed by atoms with Crippen LogP contribution in [-0.4, -0.2) is 24.0 Å². The quantitative estimate of drug-likeness (QED) is 0.820. The molecule has 3 aliphatic rings. The lowest BCUT2D eigenvalue weighted by molar-refractivity contribution is -0.158. The molecule has 2 N–H and O–H groups in total. The number of hydrogen-bond acceptors (Lipinski definition) is 3. The second-order valence-electron chi connectivity index (χ2n) is 6.59. The largest absolute Gasteiger partial charge is 0.375 e. The lowest BCUT2D eigenvalue weighted by Crippen LogP contribution is -2.48. The molecule has 0 radical (unpaired) electrons. The van der Waals surface area contributed by atoms with E-state index < -0.39 is 0 Å². The molecule has 0 bridgehead atoms. The van der Waals surface area contributed by atoms with E-state index in [1.165, 1.54) is 19.3 Å². The predicted octanol–water partition coefficient (Wildman–Crippen LogP) is 2.42. The fraction of sp³-hybridized carbons (Fsp3) is 0.933. The van der Waals surface area contributed by atoms with Crippen molar-refractivity contribution in [3.05, 3.63) is 0 Å². The Balaban J connectivity index is 1.58. The number of ether oxygens (including phenoxy) is 1. The topological polar surface area (TPSA) is 52.3 Å². The zero-order valence-electron chi connectivity index (χ0n) is 11.2. The second kappa shape index (κ2) is 4.93. The van der Waals surface area contributed by atoms with Gasteiger partial charge in [0.15, 0.2) is 0 Å². The molecule has 0 aromatic rings. The third-order valence-corrected chi connectivity index (χ3v) is 5.33. The van der Waals surface area contributed by atoms with Crippen molar-refractivity contribution in [2.45, 2.75) is 69.4 Å². The summed E-state index contributed by atoms with van der Waals surface area (Å²) in [6, 6.07) is 0.335. The normalized spacial score (nSPS) is 39.3. The van der Waals surface area contributed by atoms with E-state index in [2.05, 4.69) is 0 Å². The van der Waals surface area contributed by atoms with Crippen molar-refractivity contribution in [1.82, 2.24) is 0 Å². The molecule has 3 rings (SSSR count). The Labute approximate surface area is 109 Å². The summed E-state index contributed by atoms with van der Waals surface area (Å²) in [4.78, 5) is 12.6. The molecule has 1 saturated heterocycles. The highest BCUT2D eigenvalue weighted by Crippen LogP contribution is 2.45. The van der Waals surface area contributed by atoms with E-state index in [1.807, 2.05) is 0 Å². The maximum Gasteiger partial charge on any atom is 0.139 e. The van der Waals surface area contributed by atoms with Gasteiger partial charge in [-0.1, -0.05) is 0 Å². The van der Waals surface area contributed by atoms with Crippen LogP contribution in [0.4, 0.5) is 0 Å². The van der Waals surface area contributed by atoms with Gasteiger partial charge in [-0.2, -0.15) is 0 Å². The highest BCUT2D eigenvalue weighted by atomic mass is 16.5. The van der Waals surface area contributed by atoms with Crippen LogP contribution in [0.3, 0.4) is 0 Å². The molecule has 102 valence electrons. The molecule has 3 heteroatoms. The van der Waals surface area contributed by atoms with Crippen LogP contribution in [0.2, 0.25) is 0 Å². The average molecular weight is 251 g/mol. The van der Waals surface area contributed by atoms with E-state index in [1.54, 1.807) is 0 Å². The number of nitrogens with two attached hydrogens (primary N) is 1. The number of carbonyl (C=O) groups is 1. The van der Waals surface area contributed by atoms with Gasteiger partial charge >= 0.3 is 0 Å². The first-order valence-corrected chi connectivity index (χ1v) is 7.62. The fourth-order valence-electron chi connectivity index (χ4n) is 3.93. The molecule has 2 aliphatic carbocycles. The molecule has 1 aliphatic heterocycles. The Bertz CT molecular complexity index is 316. The zero-order chi connectivity index (χ0) is 12.6. The van der Waals surface area contributed by atoms with Crippen molar-refractivity contribution in [3.8, 4) is 0 Å². The first-order valence-electron chi connectivity index (χ1n) is 7.62. The van der Waals surface area contributed by atoms with E-state index >= 15 is 0 Å². The predicted molar refractivity (Wildman–Crippen MR) is 70.2 cm³/mol.